The maximum Gasteiger partial charge on any atom is 0.271 e. The van der Waals surface area contributed by atoms with Gasteiger partial charge < -0.3 is 5.73 Å². The van der Waals surface area contributed by atoms with Gasteiger partial charge in [-0.25, -0.2) is 0 Å². The molecule has 0 aliphatic rings. The van der Waals surface area contributed by atoms with Gasteiger partial charge in [0.05, 0.1) is 4.92 Å². The standard InChI is InChI=1S/C7H10N2O2/c1-6(2)5-7(3-4-8)9(10)11/h3-5H,1,8H2,2H3/b4-3-,7-5+. The molecule has 60 valence electrons. The molecule has 0 atom stereocenters. The van der Waals surface area contributed by atoms with Crippen LogP contribution in [0.1, 0.15) is 6.92 Å². The molecule has 0 aromatic rings. The molecule has 0 aromatic carbocycles. The molecule has 0 unspecified atom stereocenters. The number of rotatable bonds is 3. The van der Waals surface area contributed by atoms with Crippen molar-refractivity contribution in [2.45, 2.75) is 6.92 Å². The maximum absolute atomic E-state index is 10.2. The van der Waals surface area contributed by atoms with Crippen LogP contribution in [0.4, 0.5) is 0 Å². The van der Waals surface area contributed by atoms with Crippen LogP contribution in [0.2, 0.25) is 0 Å². The second-order valence-corrected chi connectivity index (χ2v) is 2.03. The lowest BCUT2D eigenvalue weighted by atomic mass is 10.3. The molecule has 0 bridgehead atoms. The molecule has 0 aliphatic carbocycles. The van der Waals surface area contributed by atoms with Crippen LogP contribution < -0.4 is 5.73 Å². The van der Waals surface area contributed by atoms with Gasteiger partial charge in [-0.2, -0.15) is 0 Å². The van der Waals surface area contributed by atoms with Gasteiger partial charge in [0.25, 0.3) is 5.70 Å². The molecule has 0 aromatic heterocycles. The normalized spacial score (nSPS) is 11.9. The molecule has 0 aliphatic heterocycles. The third-order valence-corrected chi connectivity index (χ3v) is 0.872. The number of hydrogen-bond donors (Lipinski definition) is 1. The van der Waals surface area contributed by atoms with E-state index in [4.69, 9.17) is 5.73 Å². The first kappa shape index (κ1) is 9.42. The average Bonchev–Trinajstić information content (AvgIpc) is 1.86. The first-order chi connectivity index (χ1) is 5.07. The fraction of sp³-hybridized carbons (Fsp3) is 0.143. The van der Waals surface area contributed by atoms with Crippen LogP contribution in [-0.4, -0.2) is 4.92 Å². The quantitative estimate of drug-likeness (QED) is 0.377. The second kappa shape index (κ2) is 4.27. The van der Waals surface area contributed by atoms with E-state index in [2.05, 4.69) is 6.58 Å². The summed E-state index contributed by atoms with van der Waals surface area (Å²) in [6.07, 6.45) is 3.69. The molecule has 0 fully saturated rings. The lowest BCUT2D eigenvalue weighted by Crippen LogP contribution is -1.96. The Labute approximate surface area is 64.9 Å². The summed E-state index contributed by atoms with van der Waals surface area (Å²) in [4.78, 5) is 9.70. The van der Waals surface area contributed by atoms with Crippen LogP contribution in [0, 0.1) is 10.1 Å². The van der Waals surface area contributed by atoms with E-state index in [0.717, 1.165) is 6.20 Å². The van der Waals surface area contributed by atoms with Crippen molar-refractivity contribution in [1.29, 1.82) is 0 Å². The summed E-state index contributed by atoms with van der Waals surface area (Å²) in [6.45, 7) is 5.18. The number of nitro groups is 1. The Morgan fingerprint density at radius 1 is 1.73 bits per heavy atom. The van der Waals surface area contributed by atoms with E-state index in [-0.39, 0.29) is 5.70 Å². The van der Waals surface area contributed by atoms with Crippen LogP contribution >= 0.6 is 0 Å². The van der Waals surface area contributed by atoms with Crippen molar-refractivity contribution in [3.05, 3.63) is 46.3 Å². The fourth-order valence-corrected chi connectivity index (χ4v) is 0.513. The van der Waals surface area contributed by atoms with E-state index in [9.17, 15) is 10.1 Å². The smallest absolute Gasteiger partial charge is 0.271 e. The summed E-state index contributed by atoms with van der Waals surface area (Å²) in [5.41, 5.74) is 5.55. The predicted molar refractivity (Wildman–Crippen MR) is 43.2 cm³/mol. The molecule has 0 spiro atoms. The maximum atomic E-state index is 10.2. The monoisotopic (exact) mass is 154 g/mol. The van der Waals surface area contributed by atoms with E-state index in [1.807, 2.05) is 0 Å². The summed E-state index contributed by atoms with van der Waals surface area (Å²) in [5.74, 6) is 0. The van der Waals surface area contributed by atoms with Gasteiger partial charge in [-0.1, -0.05) is 12.2 Å². The first-order valence-corrected chi connectivity index (χ1v) is 2.98. The molecular weight excluding hydrogens is 144 g/mol. The summed E-state index contributed by atoms with van der Waals surface area (Å²) in [7, 11) is 0. The van der Waals surface area contributed by atoms with Gasteiger partial charge in [0.1, 0.15) is 0 Å². The zero-order valence-electron chi connectivity index (χ0n) is 6.28. The molecule has 0 amide bonds. The number of hydrogen-bond acceptors (Lipinski definition) is 3. The third-order valence-electron chi connectivity index (χ3n) is 0.872. The Hall–Kier alpha value is -1.58. The number of nitrogens with zero attached hydrogens (tertiary/aromatic N) is 1. The molecule has 4 nitrogen and oxygen atoms in total. The van der Waals surface area contributed by atoms with Gasteiger partial charge >= 0.3 is 0 Å². The Kier molecular flexibility index (Phi) is 3.66. The van der Waals surface area contributed by atoms with Gasteiger partial charge in [0.2, 0.25) is 0 Å². The molecular formula is C7H10N2O2. The molecule has 0 radical (unpaired) electrons. The summed E-state index contributed by atoms with van der Waals surface area (Å²) >= 11 is 0. The highest BCUT2D eigenvalue weighted by Gasteiger charge is 2.03. The van der Waals surface area contributed by atoms with Crippen LogP contribution in [0.3, 0.4) is 0 Å². The van der Waals surface area contributed by atoms with Crippen molar-refractivity contribution < 1.29 is 4.92 Å². The van der Waals surface area contributed by atoms with Crippen molar-refractivity contribution >= 4 is 0 Å². The largest absolute Gasteiger partial charge is 0.404 e. The van der Waals surface area contributed by atoms with Crippen LogP contribution in [0.15, 0.2) is 36.2 Å². The zero-order chi connectivity index (χ0) is 8.85. The third kappa shape index (κ3) is 3.91. The molecule has 0 saturated heterocycles. The number of nitrogens with two attached hydrogens (primary N) is 1. The summed E-state index contributed by atoms with van der Waals surface area (Å²) in [6, 6.07) is 0. The SMILES string of the molecule is C=C(C)/C=C(\C=C/N)[N+](=O)[O-]. The lowest BCUT2D eigenvalue weighted by molar-refractivity contribution is -0.419. The van der Waals surface area contributed by atoms with E-state index in [1.165, 1.54) is 12.2 Å². The summed E-state index contributed by atoms with van der Waals surface area (Å²) < 4.78 is 0. The highest BCUT2D eigenvalue weighted by atomic mass is 16.6. The van der Waals surface area contributed by atoms with Gasteiger partial charge in [0, 0.05) is 18.4 Å². The highest BCUT2D eigenvalue weighted by Crippen LogP contribution is 2.01. The average molecular weight is 154 g/mol. The van der Waals surface area contributed by atoms with Gasteiger partial charge in [-0.3, -0.25) is 10.1 Å². The zero-order valence-corrected chi connectivity index (χ0v) is 6.28. The van der Waals surface area contributed by atoms with Crippen LogP contribution in [0.25, 0.3) is 0 Å². The van der Waals surface area contributed by atoms with Crippen molar-refractivity contribution in [3.63, 3.8) is 0 Å². The Bertz CT molecular complexity index is 229. The van der Waals surface area contributed by atoms with Crippen LogP contribution in [0.5, 0.6) is 0 Å². The Morgan fingerprint density at radius 2 is 2.27 bits per heavy atom. The van der Waals surface area contributed by atoms with Crippen molar-refractivity contribution in [3.8, 4) is 0 Å². The summed E-state index contributed by atoms with van der Waals surface area (Å²) in [5, 5.41) is 10.2. The highest BCUT2D eigenvalue weighted by molar-refractivity contribution is 5.21. The Morgan fingerprint density at radius 3 is 2.55 bits per heavy atom. The van der Waals surface area contributed by atoms with E-state index in [0.29, 0.717) is 5.57 Å². The topological polar surface area (TPSA) is 69.2 Å². The van der Waals surface area contributed by atoms with Crippen LogP contribution in [-0.2, 0) is 0 Å². The minimum atomic E-state index is -0.516. The van der Waals surface area contributed by atoms with E-state index < -0.39 is 4.92 Å². The lowest BCUT2D eigenvalue weighted by Gasteiger charge is -1.89. The van der Waals surface area contributed by atoms with Gasteiger partial charge in [-0.05, 0) is 6.92 Å². The molecule has 4 heteroatoms. The van der Waals surface area contributed by atoms with E-state index in [1.54, 1.807) is 6.92 Å². The van der Waals surface area contributed by atoms with Gasteiger partial charge in [0.15, 0.2) is 0 Å². The van der Waals surface area contributed by atoms with E-state index >= 15 is 0 Å². The first-order valence-electron chi connectivity index (χ1n) is 2.98. The van der Waals surface area contributed by atoms with Gasteiger partial charge in [-0.15, -0.1) is 0 Å². The predicted octanol–water partition coefficient (Wildman–Crippen LogP) is 1.20. The molecule has 2 N–H and O–H groups in total. The minimum absolute atomic E-state index is 0.0556. The van der Waals surface area contributed by atoms with Crippen molar-refractivity contribution in [2.24, 2.45) is 5.73 Å². The van der Waals surface area contributed by atoms with Crippen molar-refractivity contribution in [2.75, 3.05) is 0 Å². The molecule has 0 saturated carbocycles. The molecule has 11 heavy (non-hydrogen) atoms. The van der Waals surface area contributed by atoms with Crippen molar-refractivity contribution in [1.82, 2.24) is 0 Å². The number of allylic oxidation sites excluding steroid dienone is 3. The molecule has 0 rings (SSSR count). The minimum Gasteiger partial charge on any atom is -0.404 e. The molecule has 0 heterocycles. The Balaban J connectivity index is 4.59. The second-order valence-electron chi connectivity index (χ2n) is 2.03. The fourth-order valence-electron chi connectivity index (χ4n) is 0.513.